The molecule has 0 spiro atoms. The third-order valence-electron chi connectivity index (χ3n) is 3.01. The van der Waals surface area contributed by atoms with Crippen molar-refractivity contribution in [2.24, 2.45) is 5.92 Å². The highest BCUT2D eigenvalue weighted by Gasteiger charge is 2.25. The second-order valence-electron chi connectivity index (χ2n) is 4.40. The van der Waals surface area contributed by atoms with Gasteiger partial charge in [0.25, 0.3) is 0 Å². The van der Waals surface area contributed by atoms with Crippen molar-refractivity contribution < 1.29 is 5.11 Å². The minimum Gasteiger partial charge on any atom is -0.387 e. The second kappa shape index (κ2) is 3.99. The van der Waals surface area contributed by atoms with Crippen LogP contribution in [0, 0.1) is 5.92 Å². The van der Waals surface area contributed by atoms with E-state index >= 15 is 0 Å². The van der Waals surface area contributed by atoms with Crippen LogP contribution in [0.3, 0.4) is 0 Å². The number of thiazole rings is 1. The lowest BCUT2D eigenvalue weighted by Gasteiger charge is -2.04. The standard InChI is InChI=1S/C11H17NOS/c1-7-3-4-9(5-7)11-12-10(6-14-11)8(2)13/h6-9,13H,3-5H2,1-2H3. The maximum absolute atomic E-state index is 9.38. The molecule has 0 bridgehead atoms. The average molecular weight is 211 g/mol. The van der Waals surface area contributed by atoms with E-state index in [9.17, 15) is 5.11 Å². The Bertz CT molecular complexity index is 308. The molecule has 1 aliphatic rings. The maximum atomic E-state index is 9.38. The molecule has 3 atom stereocenters. The number of rotatable bonds is 2. The monoisotopic (exact) mass is 211 g/mol. The van der Waals surface area contributed by atoms with Crippen molar-refractivity contribution in [2.75, 3.05) is 0 Å². The maximum Gasteiger partial charge on any atom is 0.0960 e. The van der Waals surface area contributed by atoms with Gasteiger partial charge in [0.2, 0.25) is 0 Å². The number of aromatic nitrogens is 1. The Hall–Kier alpha value is -0.410. The number of nitrogens with zero attached hydrogens (tertiary/aromatic N) is 1. The SMILES string of the molecule is CC1CCC(c2nc(C(C)O)cs2)C1. The highest BCUT2D eigenvalue weighted by Crippen LogP contribution is 2.39. The summed E-state index contributed by atoms with van der Waals surface area (Å²) >= 11 is 1.71. The summed E-state index contributed by atoms with van der Waals surface area (Å²) < 4.78 is 0. The van der Waals surface area contributed by atoms with E-state index in [0.717, 1.165) is 11.6 Å². The molecule has 0 saturated heterocycles. The fourth-order valence-electron chi connectivity index (χ4n) is 2.11. The van der Waals surface area contributed by atoms with Gasteiger partial charge in [-0.25, -0.2) is 4.98 Å². The van der Waals surface area contributed by atoms with Crippen LogP contribution in [0.5, 0.6) is 0 Å². The summed E-state index contributed by atoms with van der Waals surface area (Å²) in [5.74, 6) is 1.50. The van der Waals surface area contributed by atoms with Gasteiger partial charge in [-0.1, -0.05) is 13.3 Å². The van der Waals surface area contributed by atoms with E-state index in [1.54, 1.807) is 18.3 Å². The van der Waals surface area contributed by atoms with Gasteiger partial charge >= 0.3 is 0 Å². The Kier molecular flexibility index (Phi) is 2.88. The zero-order chi connectivity index (χ0) is 10.1. The van der Waals surface area contributed by atoms with Crippen LogP contribution in [-0.4, -0.2) is 10.1 Å². The van der Waals surface area contributed by atoms with Gasteiger partial charge in [0.1, 0.15) is 0 Å². The first-order valence-corrected chi connectivity index (χ1v) is 6.18. The molecule has 2 nitrogen and oxygen atoms in total. The van der Waals surface area contributed by atoms with E-state index in [1.807, 2.05) is 5.38 Å². The van der Waals surface area contributed by atoms with Crippen molar-refractivity contribution in [3.05, 3.63) is 16.1 Å². The normalized spacial score (nSPS) is 29.4. The molecule has 78 valence electrons. The molecule has 0 radical (unpaired) electrons. The highest BCUT2D eigenvalue weighted by molar-refractivity contribution is 7.09. The molecule has 3 heteroatoms. The van der Waals surface area contributed by atoms with Gasteiger partial charge in [-0.05, 0) is 25.7 Å². The third kappa shape index (κ3) is 1.98. The van der Waals surface area contributed by atoms with Crippen LogP contribution in [0.15, 0.2) is 5.38 Å². The van der Waals surface area contributed by atoms with E-state index in [1.165, 1.54) is 24.3 Å². The van der Waals surface area contributed by atoms with Crippen LogP contribution in [0.4, 0.5) is 0 Å². The molecule has 2 rings (SSSR count). The van der Waals surface area contributed by atoms with Crippen molar-refractivity contribution in [3.63, 3.8) is 0 Å². The lowest BCUT2D eigenvalue weighted by Crippen LogP contribution is -1.95. The van der Waals surface area contributed by atoms with Crippen LogP contribution < -0.4 is 0 Å². The lowest BCUT2D eigenvalue weighted by atomic mass is 10.1. The Labute approximate surface area is 89.0 Å². The van der Waals surface area contributed by atoms with Gasteiger partial charge in [-0.15, -0.1) is 11.3 Å². The summed E-state index contributed by atoms with van der Waals surface area (Å²) in [4.78, 5) is 4.49. The molecule has 0 amide bonds. The van der Waals surface area contributed by atoms with Crippen molar-refractivity contribution in [2.45, 2.75) is 45.1 Å². The average Bonchev–Trinajstić information content (AvgIpc) is 2.70. The highest BCUT2D eigenvalue weighted by atomic mass is 32.1. The molecule has 3 unspecified atom stereocenters. The molecule has 1 aromatic heterocycles. The Balaban J connectivity index is 2.09. The van der Waals surface area contributed by atoms with Gasteiger partial charge in [0.05, 0.1) is 16.8 Å². The summed E-state index contributed by atoms with van der Waals surface area (Å²) in [6.45, 7) is 4.08. The van der Waals surface area contributed by atoms with E-state index < -0.39 is 6.10 Å². The molecule has 0 aromatic carbocycles. The molecule has 1 aliphatic carbocycles. The van der Waals surface area contributed by atoms with Crippen LogP contribution in [0.25, 0.3) is 0 Å². The third-order valence-corrected chi connectivity index (χ3v) is 4.04. The molecular weight excluding hydrogens is 194 g/mol. The second-order valence-corrected chi connectivity index (χ2v) is 5.29. The molecular formula is C11H17NOS. The molecule has 1 fully saturated rings. The van der Waals surface area contributed by atoms with Gasteiger partial charge in [0.15, 0.2) is 0 Å². The molecule has 14 heavy (non-hydrogen) atoms. The minimum absolute atomic E-state index is 0.418. The lowest BCUT2D eigenvalue weighted by molar-refractivity contribution is 0.195. The van der Waals surface area contributed by atoms with Crippen molar-refractivity contribution >= 4 is 11.3 Å². The van der Waals surface area contributed by atoms with Crippen LogP contribution in [0.1, 0.15) is 55.8 Å². The Morgan fingerprint density at radius 2 is 2.36 bits per heavy atom. The van der Waals surface area contributed by atoms with Crippen molar-refractivity contribution in [1.29, 1.82) is 0 Å². The van der Waals surface area contributed by atoms with Gasteiger partial charge in [-0.2, -0.15) is 0 Å². The van der Waals surface area contributed by atoms with E-state index in [2.05, 4.69) is 11.9 Å². The van der Waals surface area contributed by atoms with Crippen molar-refractivity contribution in [1.82, 2.24) is 4.98 Å². The van der Waals surface area contributed by atoms with Crippen LogP contribution in [-0.2, 0) is 0 Å². The van der Waals surface area contributed by atoms with Gasteiger partial charge < -0.3 is 5.11 Å². The summed E-state index contributed by atoms with van der Waals surface area (Å²) in [6, 6.07) is 0. The summed E-state index contributed by atoms with van der Waals surface area (Å²) in [6.07, 6.45) is 3.45. The quantitative estimate of drug-likeness (QED) is 0.815. The fraction of sp³-hybridized carbons (Fsp3) is 0.727. The smallest absolute Gasteiger partial charge is 0.0960 e. The molecule has 0 aliphatic heterocycles. The zero-order valence-electron chi connectivity index (χ0n) is 8.73. The summed E-state index contributed by atoms with van der Waals surface area (Å²) in [5, 5.41) is 12.6. The minimum atomic E-state index is -0.418. The van der Waals surface area contributed by atoms with E-state index in [4.69, 9.17) is 0 Å². The zero-order valence-corrected chi connectivity index (χ0v) is 9.55. The number of aliphatic hydroxyl groups excluding tert-OH is 1. The Morgan fingerprint density at radius 3 is 2.86 bits per heavy atom. The Morgan fingerprint density at radius 1 is 1.57 bits per heavy atom. The number of aliphatic hydroxyl groups is 1. The predicted molar refractivity (Wildman–Crippen MR) is 58.5 cm³/mol. The van der Waals surface area contributed by atoms with Crippen LogP contribution in [0.2, 0.25) is 0 Å². The first kappa shape index (κ1) is 10.1. The molecule has 1 aromatic rings. The first-order valence-electron chi connectivity index (χ1n) is 5.30. The molecule has 1 N–H and O–H groups in total. The topological polar surface area (TPSA) is 33.1 Å². The first-order chi connectivity index (χ1) is 6.66. The van der Waals surface area contributed by atoms with Crippen LogP contribution >= 0.6 is 11.3 Å². The number of hydrogen-bond donors (Lipinski definition) is 1. The van der Waals surface area contributed by atoms with Crippen molar-refractivity contribution in [3.8, 4) is 0 Å². The summed E-state index contributed by atoms with van der Waals surface area (Å²) in [5.41, 5.74) is 0.838. The predicted octanol–water partition coefficient (Wildman–Crippen LogP) is 3.10. The van der Waals surface area contributed by atoms with E-state index in [0.29, 0.717) is 5.92 Å². The fourth-order valence-corrected chi connectivity index (χ4v) is 3.17. The molecule has 1 heterocycles. The number of hydrogen-bond acceptors (Lipinski definition) is 3. The van der Waals surface area contributed by atoms with Gasteiger partial charge in [-0.3, -0.25) is 0 Å². The summed E-state index contributed by atoms with van der Waals surface area (Å²) in [7, 11) is 0. The van der Waals surface area contributed by atoms with Gasteiger partial charge in [0, 0.05) is 11.3 Å². The molecule has 1 saturated carbocycles. The van der Waals surface area contributed by atoms with E-state index in [-0.39, 0.29) is 0 Å². The largest absolute Gasteiger partial charge is 0.387 e.